The lowest BCUT2D eigenvalue weighted by Gasteiger charge is -2.11. The highest BCUT2D eigenvalue weighted by Crippen LogP contribution is 2.08. The van der Waals surface area contributed by atoms with Crippen LogP contribution in [-0.2, 0) is 20.1 Å². The van der Waals surface area contributed by atoms with Crippen molar-refractivity contribution in [2.45, 2.75) is 33.0 Å². The van der Waals surface area contributed by atoms with Crippen molar-refractivity contribution in [1.29, 1.82) is 0 Å². The highest BCUT2D eigenvalue weighted by molar-refractivity contribution is 5.04. The van der Waals surface area contributed by atoms with Gasteiger partial charge < -0.3 is 9.88 Å². The Morgan fingerprint density at radius 1 is 1.47 bits per heavy atom. The first-order chi connectivity index (χ1) is 8.20. The average molecular weight is 234 g/mol. The first-order valence-electron chi connectivity index (χ1n) is 5.79. The molecule has 2 rings (SSSR count). The van der Waals surface area contributed by atoms with Crippen molar-refractivity contribution in [2.24, 2.45) is 7.05 Å². The van der Waals surface area contributed by atoms with Gasteiger partial charge in [0.2, 0.25) is 0 Å². The van der Waals surface area contributed by atoms with Gasteiger partial charge in [-0.05, 0) is 13.8 Å². The Morgan fingerprint density at radius 2 is 2.29 bits per heavy atom. The first kappa shape index (κ1) is 11.8. The molecule has 2 heterocycles. The second-order valence-electron chi connectivity index (χ2n) is 4.11. The van der Waals surface area contributed by atoms with Gasteiger partial charge in [-0.15, -0.1) is 10.2 Å². The van der Waals surface area contributed by atoms with Crippen molar-refractivity contribution in [3.8, 4) is 0 Å². The number of hydrogen-bond donors (Lipinski definition) is 1. The van der Waals surface area contributed by atoms with Crippen LogP contribution in [0.3, 0.4) is 0 Å². The molecule has 2 aromatic rings. The number of nitrogens with one attached hydrogen (secondary N) is 1. The van der Waals surface area contributed by atoms with E-state index in [2.05, 4.69) is 40.7 Å². The van der Waals surface area contributed by atoms with Crippen LogP contribution in [0.1, 0.15) is 31.3 Å². The fourth-order valence-corrected chi connectivity index (χ4v) is 1.72. The molecule has 0 radical (unpaired) electrons. The summed E-state index contributed by atoms with van der Waals surface area (Å²) in [6.07, 6.45) is 5.65. The van der Waals surface area contributed by atoms with Crippen LogP contribution >= 0.6 is 0 Å². The lowest BCUT2D eigenvalue weighted by molar-refractivity contribution is 0.528. The Morgan fingerprint density at radius 3 is 2.88 bits per heavy atom. The molecule has 1 unspecified atom stereocenters. The second-order valence-corrected chi connectivity index (χ2v) is 4.11. The largest absolute Gasteiger partial charge is 0.319 e. The number of hydrogen-bond acceptors (Lipinski definition) is 4. The smallest absolute Gasteiger partial charge is 0.149 e. The van der Waals surface area contributed by atoms with Gasteiger partial charge in [-0.3, -0.25) is 4.68 Å². The molecular weight excluding hydrogens is 216 g/mol. The highest BCUT2D eigenvalue weighted by atomic mass is 15.3. The van der Waals surface area contributed by atoms with Crippen LogP contribution in [0.2, 0.25) is 0 Å². The number of nitrogens with zero attached hydrogens (tertiary/aromatic N) is 5. The summed E-state index contributed by atoms with van der Waals surface area (Å²) in [5.74, 6) is 0.938. The molecule has 1 atom stereocenters. The molecular formula is C11H18N6. The highest BCUT2D eigenvalue weighted by Gasteiger charge is 2.10. The maximum atomic E-state index is 4.24. The van der Waals surface area contributed by atoms with E-state index in [1.54, 1.807) is 6.33 Å². The summed E-state index contributed by atoms with van der Waals surface area (Å²) in [7, 11) is 1.95. The van der Waals surface area contributed by atoms with Crippen LogP contribution in [0, 0.1) is 0 Å². The van der Waals surface area contributed by atoms with Gasteiger partial charge in [0, 0.05) is 31.9 Å². The number of aromatic nitrogens is 5. The average Bonchev–Trinajstić information content (AvgIpc) is 2.94. The molecule has 0 saturated carbocycles. The van der Waals surface area contributed by atoms with E-state index < -0.39 is 0 Å². The van der Waals surface area contributed by atoms with E-state index in [1.807, 2.05) is 22.5 Å². The molecule has 1 N–H and O–H groups in total. The summed E-state index contributed by atoms with van der Waals surface area (Å²) in [5, 5.41) is 15.6. The maximum absolute atomic E-state index is 4.24. The van der Waals surface area contributed by atoms with Gasteiger partial charge in [0.1, 0.15) is 12.2 Å². The van der Waals surface area contributed by atoms with E-state index in [4.69, 9.17) is 0 Å². The Kier molecular flexibility index (Phi) is 3.53. The summed E-state index contributed by atoms with van der Waals surface area (Å²) >= 11 is 0. The third-order valence-corrected chi connectivity index (χ3v) is 2.76. The van der Waals surface area contributed by atoms with Gasteiger partial charge in [0.05, 0.1) is 12.2 Å². The van der Waals surface area contributed by atoms with Crippen molar-refractivity contribution >= 4 is 0 Å². The normalized spacial score (nSPS) is 12.9. The monoisotopic (exact) mass is 234 g/mol. The Bertz CT molecular complexity index is 472. The molecule has 0 bridgehead atoms. The number of rotatable bonds is 5. The predicted molar refractivity (Wildman–Crippen MR) is 64.2 cm³/mol. The van der Waals surface area contributed by atoms with Crippen molar-refractivity contribution < 1.29 is 0 Å². The minimum atomic E-state index is 0.174. The van der Waals surface area contributed by atoms with Gasteiger partial charge in [-0.2, -0.15) is 5.10 Å². The fourth-order valence-electron chi connectivity index (χ4n) is 1.72. The van der Waals surface area contributed by atoms with E-state index in [0.717, 1.165) is 18.9 Å². The van der Waals surface area contributed by atoms with Crippen molar-refractivity contribution in [2.75, 3.05) is 0 Å². The minimum Gasteiger partial charge on any atom is -0.319 e. The van der Waals surface area contributed by atoms with Crippen molar-refractivity contribution in [1.82, 2.24) is 29.9 Å². The summed E-state index contributed by atoms with van der Waals surface area (Å²) in [6, 6.07) is 0.174. The Hall–Kier alpha value is -1.69. The molecule has 2 aromatic heterocycles. The van der Waals surface area contributed by atoms with Crippen LogP contribution in [0.15, 0.2) is 18.7 Å². The standard InChI is InChI=1S/C11H18N6/c1-4-17-7-10(6-14-17)5-12-9(2)11-15-13-8-16(11)3/h6-9,12H,4-5H2,1-3H3. The van der Waals surface area contributed by atoms with Crippen LogP contribution in [0.25, 0.3) is 0 Å². The van der Waals surface area contributed by atoms with Crippen molar-refractivity contribution in [3.05, 3.63) is 30.1 Å². The molecule has 6 heteroatoms. The Labute approximate surface area is 101 Å². The van der Waals surface area contributed by atoms with E-state index in [9.17, 15) is 0 Å². The van der Waals surface area contributed by atoms with E-state index in [1.165, 1.54) is 5.56 Å². The molecule has 0 aromatic carbocycles. The van der Waals surface area contributed by atoms with Crippen LogP contribution in [0.5, 0.6) is 0 Å². The molecule has 0 fully saturated rings. The zero-order valence-corrected chi connectivity index (χ0v) is 10.5. The van der Waals surface area contributed by atoms with Gasteiger partial charge in [-0.25, -0.2) is 0 Å². The fraction of sp³-hybridized carbons (Fsp3) is 0.545. The molecule has 0 spiro atoms. The molecule has 6 nitrogen and oxygen atoms in total. The van der Waals surface area contributed by atoms with Crippen LogP contribution < -0.4 is 5.32 Å². The van der Waals surface area contributed by atoms with Crippen LogP contribution in [0.4, 0.5) is 0 Å². The predicted octanol–water partition coefficient (Wildman–Crippen LogP) is 0.882. The lowest BCUT2D eigenvalue weighted by atomic mass is 10.3. The molecule has 0 aliphatic heterocycles. The van der Waals surface area contributed by atoms with Crippen molar-refractivity contribution in [3.63, 3.8) is 0 Å². The molecule has 0 amide bonds. The summed E-state index contributed by atoms with van der Waals surface area (Å²) in [5.41, 5.74) is 1.18. The van der Waals surface area contributed by atoms with E-state index in [0.29, 0.717) is 0 Å². The van der Waals surface area contributed by atoms with E-state index in [-0.39, 0.29) is 6.04 Å². The minimum absolute atomic E-state index is 0.174. The zero-order chi connectivity index (χ0) is 12.3. The topological polar surface area (TPSA) is 60.6 Å². The third-order valence-electron chi connectivity index (χ3n) is 2.76. The molecule has 0 aliphatic carbocycles. The zero-order valence-electron chi connectivity index (χ0n) is 10.5. The van der Waals surface area contributed by atoms with Gasteiger partial charge in [-0.1, -0.05) is 0 Å². The first-order valence-corrected chi connectivity index (χ1v) is 5.79. The molecule has 92 valence electrons. The van der Waals surface area contributed by atoms with Gasteiger partial charge in [0.15, 0.2) is 0 Å². The third kappa shape index (κ3) is 2.71. The van der Waals surface area contributed by atoms with Gasteiger partial charge >= 0.3 is 0 Å². The summed E-state index contributed by atoms with van der Waals surface area (Å²) in [6.45, 7) is 5.84. The quantitative estimate of drug-likeness (QED) is 0.834. The van der Waals surface area contributed by atoms with E-state index >= 15 is 0 Å². The summed E-state index contributed by atoms with van der Waals surface area (Å²) in [4.78, 5) is 0. The van der Waals surface area contributed by atoms with Gasteiger partial charge in [0.25, 0.3) is 0 Å². The lowest BCUT2D eigenvalue weighted by Crippen LogP contribution is -2.20. The second kappa shape index (κ2) is 5.09. The number of aryl methyl sites for hydroxylation is 2. The molecule has 0 saturated heterocycles. The SMILES string of the molecule is CCn1cc(CNC(C)c2nncn2C)cn1. The molecule has 17 heavy (non-hydrogen) atoms. The molecule has 0 aliphatic rings. The maximum Gasteiger partial charge on any atom is 0.149 e. The summed E-state index contributed by atoms with van der Waals surface area (Å²) < 4.78 is 3.84. The Balaban J connectivity index is 1.92. The van der Waals surface area contributed by atoms with Crippen LogP contribution in [-0.4, -0.2) is 24.5 Å².